The summed E-state index contributed by atoms with van der Waals surface area (Å²) >= 11 is 0. The molecule has 1 aliphatic rings. The molecule has 0 radical (unpaired) electrons. The molecule has 0 spiro atoms. The molecule has 1 fully saturated rings. The maximum absolute atomic E-state index is 5.52. The molecule has 0 bridgehead atoms. The van der Waals surface area contributed by atoms with E-state index in [4.69, 9.17) is 4.42 Å². The molecule has 2 heterocycles. The highest BCUT2D eigenvalue weighted by Gasteiger charge is 2.15. The highest BCUT2D eigenvalue weighted by atomic mass is 16.3. The maximum atomic E-state index is 5.52. The first kappa shape index (κ1) is 10.7. The molecule has 4 heteroatoms. The minimum Gasteiger partial charge on any atom is -0.441 e. The molecule has 1 aliphatic heterocycles. The Balaban J connectivity index is 1.63. The zero-order chi connectivity index (χ0) is 11.7. The van der Waals surface area contributed by atoms with Crippen LogP contribution >= 0.6 is 0 Å². The Labute approximate surface area is 100 Å². The van der Waals surface area contributed by atoms with E-state index in [1.165, 1.54) is 5.56 Å². The van der Waals surface area contributed by atoms with E-state index in [0.717, 1.165) is 49.1 Å². The molecule has 1 aromatic carbocycles. The van der Waals surface area contributed by atoms with Gasteiger partial charge < -0.3 is 15.1 Å². The predicted molar refractivity (Wildman–Crippen MR) is 66.8 cm³/mol. The largest absolute Gasteiger partial charge is 0.441 e. The second-order valence-electron chi connectivity index (χ2n) is 4.69. The molecule has 0 saturated carbocycles. The smallest absolute Gasteiger partial charge is 0.192 e. The molecule has 0 aliphatic carbocycles. The van der Waals surface area contributed by atoms with Crippen LogP contribution in [0.1, 0.15) is 11.5 Å². The summed E-state index contributed by atoms with van der Waals surface area (Å²) in [5.74, 6) is 1.52. The normalized spacial score (nSPS) is 16.3. The van der Waals surface area contributed by atoms with Gasteiger partial charge >= 0.3 is 0 Å². The van der Waals surface area contributed by atoms with E-state index in [1.54, 1.807) is 0 Å². The van der Waals surface area contributed by atoms with Crippen molar-refractivity contribution in [2.75, 3.05) is 19.6 Å². The Morgan fingerprint density at radius 1 is 1.47 bits per heavy atom. The van der Waals surface area contributed by atoms with E-state index in [9.17, 15) is 0 Å². The molecule has 1 saturated heterocycles. The topological polar surface area (TPSA) is 50.1 Å². The Bertz CT molecular complexity index is 516. The SMILES string of the molecule is Cc1nc2ccc(CNCC3CNC3)cc2o1. The van der Waals surface area contributed by atoms with Crippen molar-refractivity contribution >= 4 is 11.1 Å². The van der Waals surface area contributed by atoms with Crippen molar-refractivity contribution in [3.63, 3.8) is 0 Å². The summed E-state index contributed by atoms with van der Waals surface area (Å²) in [7, 11) is 0. The number of hydrogen-bond acceptors (Lipinski definition) is 4. The number of benzene rings is 1. The summed E-state index contributed by atoms with van der Waals surface area (Å²) in [5.41, 5.74) is 3.07. The van der Waals surface area contributed by atoms with Crippen molar-refractivity contribution in [3.8, 4) is 0 Å². The maximum Gasteiger partial charge on any atom is 0.192 e. The minimum atomic E-state index is 0.727. The quantitative estimate of drug-likeness (QED) is 0.836. The van der Waals surface area contributed by atoms with Gasteiger partial charge in [0.1, 0.15) is 5.52 Å². The summed E-state index contributed by atoms with van der Waals surface area (Å²) < 4.78 is 5.52. The fraction of sp³-hybridized carbons (Fsp3) is 0.462. The summed E-state index contributed by atoms with van der Waals surface area (Å²) in [4.78, 5) is 4.29. The lowest BCUT2D eigenvalue weighted by Gasteiger charge is -2.27. The number of fused-ring (bicyclic) bond motifs is 1. The van der Waals surface area contributed by atoms with Gasteiger partial charge in [-0.05, 0) is 23.6 Å². The molecule has 90 valence electrons. The number of hydrogen-bond donors (Lipinski definition) is 2. The van der Waals surface area contributed by atoms with E-state index < -0.39 is 0 Å². The van der Waals surface area contributed by atoms with Gasteiger partial charge in [-0.15, -0.1) is 0 Å². The van der Waals surface area contributed by atoms with Gasteiger partial charge in [-0.25, -0.2) is 4.98 Å². The van der Waals surface area contributed by atoms with Crippen molar-refractivity contribution in [2.24, 2.45) is 5.92 Å². The van der Waals surface area contributed by atoms with Crippen LogP contribution in [0.25, 0.3) is 11.1 Å². The van der Waals surface area contributed by atoms with Crippen molar-refractivity contribution in [2.45, 2.75) is 13.5 Å². The summed E-state index contributed by atoms with van der Waals surface area (Å²) in [6.07, 6.45) is 0. The third-order valence-corrected chi connectivity index (χ3v) is 3.19. The van der Waals surface area contributed by atoms with E-state index >= 15 is 0 Å². The van der Waals surface area contributed by atoms with Gasteiger partial charge in [0.2, 0.25) is 0 Å². The number of nitrogens with zero attached hydrogens (tertiary/aromatic N) is 1. The fourth-order valence-electron chi connectivity index (χ4n) is 2.11. The molecule has 0 amide bonds. The molecule has 0 atom stereocenters. The predicted octanol–water partition coefficient (Wildman–Crippen LogP) is 1.45. The summed E-state index contributed by atoms with van der Waals surface area (Å²) in [6, 6.07) is 6.20. The number of oxazole rings is 1. The number of aromatic nitrogens is 1. The first-order chi connectivity index (χ1) is 8.31. The van der Waals surface area contributed by atoms with Crippen LogP contribution in [-0.2, 0) is 6.54 Å². The van der Waals surface area contributed by atoms with Gasteiger partial charge in [0.15, 0.2) is 11.5 Å². The summed E-state index contributed by atoms with van der Waals surface area (Å²) in [6.45, 7) is 6.15. The minimum absolute atomic E-state index is 0.727. The van der Waals surface area contributed by atoms with Crippen molar-refractivity contribution in [3.05, 3.63) is 29.7 Å². The molecule has 0 unspecified atom stereocenters. The van der Waals surface area contributed by atoms with Crippen LogP contribution in [-0.4, -0.2) is 24.6 Å². The van der Waals surface area contributed by atoms with E-state index in [2.05, 4.69) is 27.8 Å². The first-order valence-corrected chi connectivity index (χ1v) is 6.09. The van der Waals surface area contributed by atoms with Gasteiger partial charge in [0.25, 0.3) is 0 Å². The summed E-state index contributed by atoms with van der Waals surface area (Å²) in [5, 5.41) is 6.75. The highest BCUT2D eigenvalue weighted by molar-refractivity contribution is 5.73. The van der Waals surface area contributed by atoms with E-state index in [1.807, 2.05) is 13.0 Å². The molecule has 4 nitrogen and oxygen atoms in total. The van der Waals surface area contributed by atoms with Crippen LogP contribution in [0.3, 0.4) is 0 Å². The second-order valence-corrected chi connectivity index (χ2v) is 4.69. The molecule has 2 N–H and O–H groups in total. The second kappa shape index (κ2) is 4.47. The van der Waals surface area contributed by atoms with Crippen LogP contribution in [0.4, 0.5) is 0 Å². The first-order valence-electron chi connectivity index (χ1n) is 6.09. The third kappa shape index (κ3) is 2.33. The Morgan fingerprint density at radius 3 is 3.12 bits per heavy atom. The molecule has 17 heavy (non-hydrogen) atoms. The van der Waals surface area contributed by atoms with Crippen LogP contribution in [0, 0.1) is 12.8 Å². The van der Waals surface area contributed by atoms with Crippen LogP contribution < -0.4 is 10.6 Å². The Morgan fingerprint density at radius 2 is 2.35 bits per heavy atom. The van der Waals surface area contributed by atoms with Crippen molar-refractivity contribution in [1.29, 1.82) is 0 Å². The number of nitrogens with one attached hydrogen (secondary N) is 2. The molecule has 2 aromatic rings. The molecule has 3 rings (SSSR count). The van der Waals surface area contributed by atoms with Gasteiger partial charge in [0.05, 0.1) is 0 Å². The van der Waals surface area contributed by atoms with E-state index in [-0.39, 0.29) is 0 Å². The third-order valence-electron chi connectivity index (χ3n) is 3.19. The standard InChI is InChI=1S/C13H17N3O/c1-9-16-12-3-2-10(4-13(12)17-9)5-14-6-11-7-15-8-11/h2-4,11,14-15H,5-8H2,1H3. The lowest BCUT2D eigenvalue weighted by Crippen LogP contribution is -2.47. The van der Waals surface area contributed by atoms with Crippen LogP contribution in [0.15, 0.2) is 22.6 Å². The number of aryl methyl sites for hydroxylation is 1. The van der Waals surface area contributed by atoms with Gasteiger partial charge in [-0.2, -0.15) is 0 Å². The Hall–Kier alpha value is -1.39. The lowest BCUT2D eigenvalue weighted by atomic mass is 10.0. The van der Waals surface area contributed by atoms with Gasteiger partial charge in [-0.1, -0.05) is 6.07 Å². The van der Waals surface area contributed by atoms with Crippen LogP contribution in [0.2, 0.25) is 0 Å². The lowest BCUT2D eigenvalue weighted by molar-refractivity contribution is 0.331. The molecular weight excluding hydrogens is 214 g/mol. The van der Waals surface area contributed by atoms with E-state index in [0.29, 0.717) is 0 Å². The van der Waals surface area contributed by atoms with Gasteiger partial charge in [-0.3, -0.25) is 0 Å². The average molecular weight is 231 g/mol. The number of rotatable bonds is 4. The average Bonchev–Trinajstić information content (AvgIpc) is 2.61. The van der Waals surface area contributed by atoms with Crippen molar-refractivity contribution in [1.82, 2.24) is 15.6 Å². The highest BCUT2D eigenvalue weighted by Crippen LogP contribution is 2.16. The van der Waals surface area contributed by atoms with Crippen LogP contribution in [0.5, 0.6) is 0 Å². The molecular formula is C13H17N3O. The Kier molecular flexibility index (Phi) is 2.82. The zero-order valence-corrected chi connectivity index (χ0v) is 9.99. The monoisotopic (exact) mass is 231 g/mol. The zero-order valence-electron chi connectivity index (χ0n) is 9.99. The molecule has 1 aromatic heterocycles. The fourth-order valence-corrected chi connectivity index (χ4v) is 2.11. The van der Waals surface area contributed by atoms with Gasteiger partial charge in [0, 0.05) is 33.1 Å². The van der Waals surface area contributed by atoms with Crippen molar-refractivity contribution < 1.29 is 4.42 Å².